The summed E-state index contributed by atoms with van der Waals surface area (Å²) in [6.07, 6.45) is 4.80. The number of nitro groups is 1. The second kappa shape index (κ2) is 6.52. The predicted octanol–water partition coefficient (Wildman–Crippen LogP) is 3.70. The Hall–Kier alpha value is -3.48. The fraction of sp³-hybridized carbons (Fsp3) is 0. The van der Waals surface area contributed by atoms with Crippen LogP contribution in [0.15, 0.2) is 70.4 Å². The number of para-hydroxylation sites is 1. The van der Waals surface area contributed by atoms with E-state index >= 15 is 0 Å². The number of furan rings is 1. The SMILES string of the molecule is O=[N+]([O-])c1ccccc1-c1ccc(/C=N/Nc2ccncc2)o1. The Bertz CT molecular complexity index is 843. The molecule has 0 fully saturated rings. The topological polar surface area (TPSA) is 93.6 Å². The molecule has 1 aromatic carbocycles. The summed E-state index contributed by atoms with van der Waals surface area (Å²) in [5.74, 6) is 0.905. The molecule has 0 aliphatic rings. The molecule has 23 heavy (non-hydrogen) atoms. The summed E-state index contributed by atoms with van der Waals surface area (Å²) in [7, 11) is 0. The van der Waals surface area contributed by atoms with Crippen LogP contribution in [0.2, 0.25) is 0 Å². The third-order valence-corrected chi connectivity index (χ3v) is 3.06. The number of hydrazone groups is 1. The van der Waals surface area contributed by atoms with Gasteiger partial charge in [0.05, 0.1) is 22.4 Å². The lowest BCUT2D eigenvalue weighted by atomic mass is 10.1. The van der Waals surface area contributed by atoms with E-state index in [9.17, 15) is 10.1 Å². The number of nitro benzene ring substituents is 1. The van der Waals surface area contributed by atoms with Crippen LogP contribution < -0.4 is 5.43 Å². The Morgan fingerprint density at radius 3 is 2.70 bits per heavy atom. The molecule has 0 unspecified atom stereocenters. The largest absolute Gasteiger partial charge is 0.455 e. The maximum atomic E-state index is 11.1. The number of nitrogens with one attached hydrogen (secondary N) is 1. The molecule has 2 heterocycles. The van der Waals surface area contributed by atoms with Crippen LogP contribution in [-0.4, -0.2) is 16.1 Å². The van der Waals surface area contributed by atoms with Crippen molar-refractivity contribution in [1.29, 1.82) is 0 Å². The summed E-state index contributed by atoms with van der Waals surface area (Å²) in [4.78, 5) is 14.5. The molecule has 0 radical (unpaired) electrons. The van der Waals surface area contributed by atoms with Crippen LogP contribution >= 0.6 is 0 Å². The van der Waals surface area contributed by atoms with Crippen molar-refractivity contribution in [2.75, 3.05) is 5.43 Å². The summed E-state index contributed by atoms with van der Waals surface area (Å²) in [5, 5.41) is 15.1. The Morgan fingerprint density at radius 2 is 1.91 bits per heavy atom. The number of aromatic nitrogens is 1. The van der Waals surface area contributed by atoms with Crippen molar-refractivity contribution in [3.63, 3.8) is 0 Å². The maximum Gasteiger partial charge on any atom is 0.280 e. The van der Waals surface area contributed by atoms with E-state index in [-0.39, 0.29) is 5.69 Å². The van der Waals surface area contributed by atoms with Gasteiger partial charge >= 0.3 is 0 Å². The minimum Gasteiger partial charge on any atom is -0.455 e. The molecule has 0 atom stereocenters. The van der Waals surface area contributed by atoms with Gasteiger partial charge in [0.25, 0.3) is 5.69 Å². The Balaban J connectivity index is 1.77. The molecule has 7 heteroatoms. The molecule has 0 bridgehead atoms. The lowest BCUT2D eigenvalue weighted by molar-refractivity contribution is -0.384. The standard InChI is InChI=1S/C16H12N4O3/c21-20(22)15-4-2-1-3-14(15)16-6-5-13(23-16)11-18-19-12-7-9-17-10-8-12/h1-11H,(H,17,19)/b18-11+. The number of benzene rings is 1. The first-order chi connectivity index (χ1) is 11.2. The van der Waals surface area contributed by atoms with Crippen LogP contribution in [0.5, 0.6) is 0 Å². The molecular weight excluding hydrogens is 296 g/mol. The first kappa shape index (κ1) is 14.5. The highest BCUT2D eigenvalue weighted by molar-refractivity contribution is 5.79. The van der Waals surface area contributed by atoms with Crippen molar-refractivity contribution in [1.82, 2.24) is 4.98 Å². The quantitative estimate of drug-likeness (QED) is 0.440. The van der Waals surface area contributed by atoms with Crippen molar-refractivity contribution in [2.24, 2.45) is 5.10 Å². The van der Waals surface area contributed by atoms with Crippen LogP contribution in [0, 0.1) is 10.1 Å². The van der Waals surface area contributed by atoms with E-state index in [0.29, 0.717) is 17.1 Å². The molecule has 114 valence electrons. The highest BCUT2D eigenvalue weighted by atomic mass is 16.6. The highest BCUT2D eigenvalue weighted by Gasteiger charge is 2.16. The molecule has 2 aromatic heterocycles. The summed E-state index contributed by atoms with van der Waals surface area (Å²) < 4.78 is 5.59. The van der Waals surface area contributed by atoms with Crippen LogP contribution in [0.1, 0.15) is 5.76 Å². The zero-order valence-corrected chi connectivity index (χ0v) is 11.9. The molecular formula is C16H12N4O3. The van der Waals surface area contributed by atoms with Gasteiger partial charge in [-0.25, -0.2) is 0 Å². The molecule has 0 saturated heterocycles. The fourth-order valence-electron chi connectivity index (χ4n) is 2.01. The number of pyridine rings is 1. The first-order valence-electron chi connectivity index (χ1n) is 6.77. The van der Waals surface area contributed by atoms with Crippen LogP contribution in [-0.2, 0) is 0 Å². The van der Waals surface area contributed by atoms with Gasteiger partial charge in [-0.2, -0.15) is 5.10 Å². The van der Waals surface area contributed by atoms with Gasteiger partial charge in [-0.15, -0.1) is 0 Å². The van der Waals surface area contributed by atoms with Crippen molar-refractivity contribution in [3.05, 3.63) is 76.8 Å². The third kappa shape index (κ3) is 3.41. The molecule has 1 N–H and O–H groups in total. The van der Waals surface area contributed by atoms with Crippen molar-refractivity contribution in [3.8, 4) is 11.3 Å². The minimum atomic E-state index is -0.434. The lowest BCUT2D eigenvalue weighted by Crippen LogP contribution is -1.90. The number of rotatable bonds is 5. The zero-order valence-electron chi connectivity index (χ0n) is 11.9. The number of hydrogen-bond donors (Lipinski definition) is 1. The van der Waals surface area contributed by atoms with Crippen molar-refractivity contribution in [2.45, 2.75) is 0 Å². The molecule has 0 aliphatic carbocycles. The molecule has 0 saturated carbocycles. The van der Waals surface area contributed by atoms with Crippen LogP contribution in [0.3, 0.4) is 0 Å². The van der Waals surface area contributed by atoms with E-state index in [0.717, 1.165) is 5.69 Å². The maximum absolute atomic E-state index is 11.1. The van der Waals surface area contributed by atoms with Gasteiger partial charge in [-0.1, -0.05) is 12.1 Å². The fourth-order valence-corrected chi connectivity index (χ4v) is 2.01. The van der Waals surface area contributed by atoms with E-state index in [4.69, 9.17) is 4.42 Å². The number of anilines is 1. The number of nitrogens with zero attached hydrogens (tertiary/aromatic N) is 3. The lowest BCUT2D eigenvalue weighted by Gasteiger charge is -1.99. The monoisotopic (exact) mass is 308 g/mol. The van der Waals surface area contributed by atoms with Gasteiger partial charge < -0.3 is 4.42 Å². The molecule has 0 amide bonds. The van der Waals surface area contributed by atoms with E-state index in [1.807, 2.05) is 0 Å². The average molecular weight is 308 g/mol. The Labute approximate surface area is 131 Å². The molecule has 3 aromatic rings. The second-order valence-electron chi connectivity index (χ2n) is 4.58. The van der Waals surface area contributed by atoms with E-state index in [1.54, 1.807) is 54.9 Å². The molecule has 7 nitrogen and oxygen atoms in total. The second-order valence-corrected chi connectivity index (χ2v) is 4.58. The van der Waals surface area contributed by atoms with E-state index in [1.165, 1.54) is 12.3 Å². The first-order valence-corrected chi connectivity index (χ1v) is 6.77. The highest BCUT2D eigenvalue weighted by Crippen LogP contribution is 2.30. The normalized spacial score (nSPS) is 10.8. The smallest absolute Gasteiger partial charge is 0.280 e. The molecule has 0 aliphatic heterocycles. The summed E-state index contributed by atoms with van der Waals surface area (Å²) >= 11 is 0. The summed E-state index contributed by atoms with van der Waals surface area (Å²) in [6.45, 7) is 0. The summed E-state index contributed by atoms with van der Waals surface area (Å²) in [5.41, 5.74) is 4.06. The van der Waals surface area contributed by atoms with Gasteiger partial charge in [0.15, 0.2) is 0 Å². The average Bonchev–Trinajstić information content (AvgIpc) is 3.04. The van der Waals surface area contributed by atoms with E-state index in [2.05, 4.69) is 15.5 Å². The van der Waals surface area contributed by atoms with E-state index < -0.39 is 4.92 Å². The number of hydrogen-bond acceptors (Lipinski definition) is 6. The zero-order chi connectivity index (χ0) is 16.1. The van der Waals surface area contributed by atoms with Gasteiger partial charge in [0, 0.05) is 18.5 Å². The molecule has 0 spiro atoms. The van der Waals surface area contributed by atoms with Crippen LogP contribution in [0.4, 0.5) is 11.4 Å². The van der Waals surface area contributed by atoms with Gasteiger partial charge in [-0.3, -0.25) is 20.5 Å². The van der Waals surface area contributed by atoms with Gasteiger partial charge in [0.2, 0.25) is 0 Å². The predicted molar refractivity (Wildman–Crippen MR) is 86.3 cm³/mol. The Kier molecular flexibility index (Phi) is 4.10. The molecule has 3 rings (SSSR count). The van der Waals surface area contributed by atoms with Gasteiger partial charge in [-0.05, 0) is 30.3 Å². The minimum absolute atomic E-state index is 0.000231. The third-order valence-electron chi connectivity index (χ3n) is 3.06. The van der Waals surface area contributed by atoms with Gasteiger partial charge in [0.1, 0.15) is 11.5 Å². The van der Waals surface area contributed by atoms with Crippen LogP contribution in [0.25, 0.3) is 11.3 Å². The van der Waals surface area contributed by atoms with Crippen molar-refractivity contribution < 1.29 is 9.34 Å². The van der Waals surface area contributed by atoms with Crippen molar-refractivity contribution >= 4 is 17.6 Å². The summed E-state index contributed by atoms with van der Waals surface area (Å²) in [6, 6.07) is 13.4. The Morgan fingerprint density at radius 1 is 1.13 bits per heavy atom.